The van der Waals surface area contributed by atoms with Crippen LogP contribution < -0.4 is 10.6 Å². The van der Waals surface area contributed by atoms with Crippen LogP contribution >= 0.6 is 23.4 Å². The minimum absolute atomic E-state index is 0.0695. The molecule has 1 aromatic carbocycles. The molecule has 1 saturated heterocycles. The molecule has 0 bridgehead atoms. The van der Waals surface area contributed by atoms with Gasteiger partial charge in [0, 0.05) is 16.8 Å². The van der Waals surface area contributed by atoms with Crippen molar-refractivity contribution in [1.82, 2.24) is 10.6 Å². The van der Waals surface area contributed by atoms with Gasteiger partial charge in [0.05, 0.1) is 17.3 Å². The van der Waals surface area contributed by atoms with Gasteiger partial charge in [0.25, 0.3) is 0 Å². The third-order valence-corrected chi connectivity index (χ3v) is 6.26. The van der Waals surface area contributed by atoms with Gasteiger partial charge in [0.2, 0.25) is 5.91 Å². The molecule has 3 amide bonds. The summed E-state index contributed by atoms with van der Waals surface area (Å²) < 4.78 is 22.6. The van der Waals surface area contributed by atoms with Crippen molar-refractivity contribution in [2.75, 3.05) is 17.3 Å². The van der Waals surface area contributed by atoms with E-state index in [0.29, 0.717) is 17.2 Å². The fraction of sp³-hybridized carbons (Fsp3) is 0.429. The summed E-state index contributed by atoms with van der Waals surface area (Å²) in [6.07, 6.45) is 0.384. The minimum Gasteiger partial charge on any atom is -0.334 e. The summed E-state index contributed by atoms with van der Waals surface area (Å²) in [7, 11) is -3.06. The first kappa shape index (κ1) is 18.1. The number of thioether (sulfide) groups is 1. The number of hydrogen-bond donors (Lipinski definition) is 2. The number of carbonyl (C=O) groups is 2. The molecular formula is C14H17ClN2O4S2. The van der Waals surface area contributed by atoms with Gasteiger partial charge < -0.3 is 5.32 Å². The van der Waals surface area contributed by atoms with Crippen molar-refractivity contribution in [3.63, 3.8) is 0 Å². The number of benzene rings is 1. The standard InChI is InChI=1S/C14H17ClN2O4S2/c15-11-3-1-10(2-4-11)7-22-8-13(18)17-14(19)16-12-5-6-23(20,21)9-12/h1-4,12H,5-9H2,(H2,16,17,18,19). The predicted molar refractivity (Wildman–Crippen MR) is 91.3 cm³/mol. The zero-order valence-electron chi connectivity index (χ0n) is 12.2. The summed E-state index contributed by atoms with van der Waals surface area (Å²) in [6.45, 7) is 0. The molecule has 6 nitrogen and oxygen atoms in total. The van der Waals surface area contributed by atoms with Gasteiger partial charge in [0.15, 0.2) is 9.84 Å². The van der Waals surface area contributed by atoms with Crippen molar-refractivity contribution in [1.29, 1.82) is 0 Å². The molecule has 0 spiro atoms. The Morgan fingerprint density at radius 3 is 2.57 bits per heavy atom. The second-order valence-corrected chi connectivity index (χ2v) is 8.89. The lowest BCUT2D eigenvalue weighted by atomic mass is 10.2. The van der Waals surface area contributed by atoms with Crippen LogP contribution in [0.4, 0.5) is 4.79 Å². The number of amides is 3. The van der Waals surface area contributed by atoms with Crippen molar-refractivity contribution in [2.24, 2.45) is 0 Å². The average Bonchev–Trinajstić information content (AvgIpc) is 2.79. The topological polar surface area (TPSA) is 92.3 Å². The first-order chi connectivity index (χ1) is 10.8. The number of nitrogens with one attached hydrogen (secondary N) is 2. The van der Waals surface area contributed by atoms with E-state index in [1.807, 2.05) is 12.1 Å². The predicted octanol–water partition coefficient (Wildman–Crippen LogP) is 1.59. The number of hydrogen-bond acceptors (Lipinski definition) is 5. The molecule has 1 unspecified atom stereocenters. The van der Waals surface area contributed by atoms with Crippen LogP contribution in [0.25, 0.3) is 0 Å². The van der Waals surface area contributed by atoms with Gasteiger partial charge in [-0.15, -0.1) is 11.8 Å². The lowest BCUT2D eigenvalue weighted by Crippen LogP contribution is -2.45. The van der Waals surface area contributed by atoms with Crippen molar-refractivity contribution in [3.8, 4) is 0 Å². The Bertz CT molecular complexity index is 677. The lowest BCUT2D eigenvalue weighted by molar-refractivity contribution is -0.117. The second-order valence-electron chi connectivity index (χ2n) is 5.24. The summed E-state index contributed by atoms with van der Waals surface area (Å²) in [5, 5.41) is 5.36. The van der Waals surface area contributed by atoms with Gasteiger partial charge in [0.1, 0.15) is 0 Å². The molecule has 1 atom stereocenters. The van der Waals surface area contributed by atoms with Crippen LogP contribution in [0, 0.1) is 0 Å². The van der Waals surface area contributed by atoms with E-state index in [1.54, 1.807) is 12.1 Å². The molecule has 0 aliphatic carbocycles. The summed E-state index contributed by atoms with van der Waals surface area (Å²) >= 11 is 7.16. The van der Waals surface area contributed by atoms with Crippen LogP contribution in [0.2, 0.25) is 5.02 Å². The highest BCUT2D eigenvalue weighted by molar-refractivity contribution is 7.99. The summed E-state index contributed by atoms with van der Waals surface area (Å²) in [6, 6.07) is 6.24. The zero-order valence-corrected chi connectivity index (χ0v) is 14.6. The largest absolute Gasteiger partial charge is 0.334 e. The van der Waals surface area contributed by atoms with Crippen molar-refractivity contribution < 1.29 is 18.0 Å². The molecule has 2 rings (SSSR count). The van der Waals surface area contributed by atoms with Gasteiger partial charge >= 0.3 is 6.03 Å². The van der Waals surface area contributed by atoms with Gasteiger partial charge in [-0.2, -0.15) is 0 Å². The molecule has 0 radical (unpaired) electrons. The fourth-order valence-corrected chi connectivity index (χ4v) is 4.72. The van der Waals surface area contributed by atoms with Crippen LogP contribution in [-0.2, 0) is 20.4 Å². The SMILES string of the molecule is O=C(CSCc1ccc(Cl)cc1)NC(=O)NC1CCS(=O)(=O)C1. The second kappa shape index (κ2) is 8.03. The molecule has 1 aromatic rings. The Kier molecular flexibility index (Phi) is 6.32. The summed E-state index contributed by atoms with van der Waals surface area (Å²) in [5.41, 5.74) is 1.04. The van der Waals surface area contributed by atoms with Crippen LogP contribution in [0.15, 0.2) is 24.3 Å². The third-order valence-electron chi connectivity index (χ3n) is 3.24. The van der Waals surface area contributed by atoms with E-state index < -0.39 is 27.8 Å². The molecule has 2 N–H and O–H groups in total. The van der Waals surface area contributed by atoms with E-state index in [-0.39, 0.29) is 17.3 Å². The van der Waals surface area contributed by atoms with E-state index in [1.165, 1.54) is 11.8 Å². The third kappa shape index (κ3) is 6.40. The lowest BCUT2D eigenvalue weighted by Gasteiger charge is -2.11. The maximum atomic E-state index is 11.7. The number of halogens is 1. The Balaban J connectivity index is 1.66. The number of imide groups is 1. The maximum absolute atomic E-state index is 11.7. The normalized spacial score (nSPS) is 19.3. The first-order valence-electron chi connectivity index (χ1n) is 6.97. The van der Waals surface area contributed by atoms with Crippen molar-refractivity contribution in [3.05, 3.63) is 34.9 Å². The highest BCUT2D eigenvalue weighted by Gasteiger charge is 2.29. The molecule has 23 heavy (non-hydrogen) atoms. The van der Waals surface area contributed by atoms with Crippen LogP contribution in [0.3, 0.4) is 0 Å². The van der Waals surface area contributed by atoms with Gasteiger partial charge in [-0.1, -0.05) is 23.7 Å². The van der Waals surface area contributed by atoms with Crippen LogP contribution in [-0.4, -0.2) is 43.7 Å². The number of urea groups is 1. The number of carbonyl (C=O) groups excluding carboxylic acids is 2. The van der Waals surface area contributed by atoms with Gasteiger partial charge in [-0.3, -0.25) is 10.1 Å². The number of sulfone groups is 1. The van der Waals surface area contributed by atoms with Gasteiger partial charge in [-0.25, -0.2) is 13.2 Å². The highest BCUT2D eigenvalue weighted by Crippen LogP contribution is 2.15. The molecule has 0 aromatic heterocycles. The first-order valence-corrected chi connectivity index (χ1v) is 10.3. The van der Waals surface area contributed by atoms with Crippen LogP contribution in [0.1, 0.15) is 12.0 Å². The Hall–Kier alpha value is -1.25. The smallest absolute Gasteiger partial charge is 0.321 e. The Morgan fingerprint density at radius 1 is 1.26 bits per heavy atom. The maximum Gasteiger partial charge on any atom is 0.321 e. The Labute approximate surface area is 144 Å². The summed E-state index contributed by atoms with van der Waals surface area (Å²) in [5.74, 6) is 0.358. The average molecular weight is 377 g/mol. The highest BCUT2D eigenvalue weighted by atomic mass is 35.5. The molecule has 1 heterocycles. The molecule has 9 heteroatoms. The van der Waals surface area contributed by atoms with Crippen molar-refractivity contribution in [2.45, 2.75) is 18.2 Å². The van der Waals surface area contributed by atoms with Crippen molar-refractivity contribution >= 4 is 45.1 Å². The minimum atomic E-state index is -3.06. The zero-order chi connectivity index (χ0) is 16.9. The molecule has 126 valence electrons. The Morgan fingerprint density at radius 2 is 1.96 bits per heavy atom. The van der Waals surface area contributed by atoms with E-state index in [9.17, 15) is 18.0 Å². The van der Waals surface area contributed by atoms with E-state index in [4.69, 9.17) is 11.6 Å². The van der Waals surface area contributed by atoms with Crippen LogP contribution in [0.5, 0.6) is 0 Å². The number of rotatable bonds is 5. The quantitative estimate of drug-likeness (QED) is 0.814. The van der Waals surface area contributed by atoms with Gasteiger partial charge in [-0.05, 0) is 24.1 Å². The molecule has 1 aliphatic rings. The fourth-order valence-electron chi connectivity index (χ4n) is 2.14. The monoisotopic (exact) mass is 376 g/mol. The molecule has 1 aliphatic heterocycles. The molecular weight excluding hydrogens is 360 g/mol. The molecule has 1 fully saturated rings. The summed E-state index contributed by atoms with van der Waals surface area (Å²) in [4.78, 5) is 23.3. The van der Waals surface area contributed by atoms with E-state index in [0.717, 1.165) is 5.56 Å². The van der Waals surface area contributed by atoms with E-state index in [2.05, 4.69) is 10.6 Å². The van der Waals surface area contributed by atoms with E-state index >= 15 is 0 Å². The molecule has 0 saturated carbocycles.